The summed E-state index contributed by atoms with van der Waals surface area (Å²) in [6, 6.07) is 5.17. The lowest BCUT2D eigenvalue weighted by Crippen LogP contribution is -2.43. The number of nitrogens with zero attached hydrogens (tertiary/aromatic N) is 2. The van der Waals surface area contributed by atoms with Crippen LogP contribution in [0, 0.1) is 0 Å². The van der Waals surface area contributed by atoms with Crippen molar-refractivity contribution in [3.8, 4) is 0 Å². The van der Waals surface area contributed by atoms with Gasteiger partial charge in [0.1, 0.15) is 12.2 Å². The number of carboxylic acids is 1. The second-order valence-corrected chi connectivity index (χ2v) is 4.94. The maximum absolute atomic E-state index is 12.3. The molecule has 1 heterocycles. The number of hydrogen-bond donors (Lipinski definition) is 2. The quantitative estimate of drug-likeness (QED) is 0.589. The Hall–Kier alpha value is -3.27. The van der Waals surface area contributed by atoms with Crippen LogP contribution in [0.3, 0.4) is 0 Å². The third-order valence-corrected chi connectivity index (χ3v) is 3.20. The van der Waals surface area contributed by atoms with Crippen LogP contribution in [0.25, 0.3) is 10.8 Å². The molecule has 2 N–H and O–H groups in total. The van der Waals surface area contributed by atoms with Crippen LogP contribution >= 0.6 is 0 Å². The number of urea groups is 1. The second kappa shape index (κ2) is 8.02. The molecule has 0 aliphatic carbocycles. The number of hydrogen-bond acceptors (Lipinski definition) is 7. The number of aromatic carboxylic acids is 1. The lowest BCUT2D eigenvalue weighted by molar-refractivity contribution is -0.255. The van der Waals surface area contributed by atoms with E-state index in [4.69, 9.17) is 4.74 Å². The molecule has 1 aromatic carbocycles. The molecule has 132 valence electrons. The number of nitrogens with one attached hydrogen (secondary N) is 2. The Labute approximate surface area is 141 Å². The molecule has 3 amide bonds. The van der Waals surface area contributed by atoms with Crippen molar-refractivity contribution in [1.82, 2.24) is 20.4 Å². The number of benzene rings is 1. The van der Waals surface area contributed by atoms with Crippen LogP contribution in [0.5, 0.6) is 0 Å². The molecule has 0 bridgehead atoms. The van der Waals surface area contributed by atoms with Crippen LogP contribution < -0.4 is 21.3 Å². The fourth-order valence-electron chi connectivity index (χ4n) is 2.11. The standard InChI is InChI=1S/C15H16N4O6/c1-25-7-6-16-15(24)17-11(20)8-19-13(21)10-5-3-2-4-9(10)12(18-19)14(22)23/h2-5H,6-8H2,1H3,(H,22,23)(H2,16,17,20,24)/p-1. The predicted molar refractivity (Wildman–Crippen MR) is 83.8 cm³/mol. The van der Waals surface area contributed by atoms with E-state index in [0.717, 1.165) is 0 Å². The molecule has 10 nitrogen and oxygen atoms in total. The zero-order valence-corrected chi connectivity index (χ0v) is 13.3. The van der Waals surface area contributed by atoms with Crippen LogP contribution in [0.2, 0.25) is 0 Å². The van der Waals surface area contributed by atoms with Gasteiger partial charge in [-0.3, -0.25) is 14.9 Å². The van der Waals surface area contributed by atoms with Gasteiger partial charge in [-0.15, -0.1) is 0 Å². The van der Waals surface area contributed by atoms with Gasteiger partial charge < -0.3 is 20.0 Å². The van der Waals surface area contributed by atoms with E-state index in [2.05, 4.69) is 10.4 Å². The molecular weight excluding hydrogens is 332 g/mol. The molecule has 0 radical (unpaired) electrons. The molecule has 10 heteroatoms. The highest BCUT2D eigenvalue weighted by molar-refractivity contribution is 6.00. The van der Waals surface area contributed by atoms with Gasteiger partial charge in [-0.05, 0) is 6.07 Å². The van der Waals surface area contributed by atoms with Crippen LogP contribution in [0.15, 0.2) is 29.1 Å². The topological polar surface area (TPSA) is 142 Å². The number of fused-ring (bicyclic) bond motifs is 1. The van der Waals surface area contributed by atoms with E-state index in [1.165, 1.54) is 19.2 Å². The van der Waals surface area contributed by atoms with E-state index in [9.17, 15) is 24.3 Å². The Morgan fingerprint density at radius 2 is 1.92 bits per heavy atom. The molecule has 0 saturated heterocycles. The summed E-state index contributed by atoms with van der Waals surface area (Å²) in [5.41, 5.74) is -1.12. The summed E-state index contributed by atoms with van der Waals surface area (Å²) in [7, 11) is 1.46. The van der Waals surface area contributed by atoms with Gasteiger partial charge in [0.15, 0.2) is 0 Å². The number of carbonyl (C=O) groups excluding carboxylic acids is 3. The van der Waals surface area contributed by atoms with Gasteiger partial charge in [0.25, 0.3) is 5.56 Å². The molecule has 0 unspecified atom stereocenters. The van der Waals surface area contributed by atoms with Crippen molar-refractivity contribution < 1.29 is 24.2 Å². The summed E-state index contributed by atoms with van der Waals surface area (Å²) in [5.74, 6) is -2.41. The van der Waals surface area contributed by atoms with Gasteiger partial charge in [-0.1, -0.05) is 18.2 Å². The van der Waals surface area contributed by atoms with Gasteiger partial charge in [0.2, 0.25) is 5.91 Å². The monoisotopic (exact) mass is 347 g/mol. The van der Waals surface area contributed by atoms with Gasteiger partial charge >= 0.3 is 6.03 Å². The number of methoxy groups -OCH3 is 1. The van der Waals surface area contributed by atoms with Crippen molar-refractivity contribution in [2.75, 3.05) is 20.3 Å². The summed E-state index contributed by atoms with van der Waals surface area (Å²) in [6.45, 7) is -0.164. The van der Waals surface area contributed by atoms with Gasteiger partial charge in [0, 0.05) is 19.0 Å². The summed E-state index contributed by atoms with van der Waals surface area (Å²) in [6.07, 6.45) is 0. The van der Waals surface area contributed by atoms with E-state index < -0.39 is 35.7 Å². The summed E-state index contributed by atoms with van der Waals surface area (Å²) >= 11 is 0. The second-order valence-electron chi connectivity index (χ2n) is 4.94. The van der Waals surface area contributed by atoms with Crippen LogP contribution in [0.1, 0.15) is 10.5 Å². The van der Waals surface area contributed by atoms with Crippen molar-refractivity contribution in [2.24, 2.45) is 0 Å². The lowest BCUT2D eigenvalue weighted by Gasteiger charge is -2.11. The van der Waals surface area contributed by atoms with Crippen molar-refractivity contribution >= 4 is 28.7 Å². The number of carboxylic acid groups (broad SMARTS) is 1. The number of carbonyl (C=O) groups is 3. The Bertz CT molecular complexity index is 876. The van der Waals surface area contributed by atoms with Crippen molar-refractivity contribution in [3.63, 3.8) is 0 Å². The first-order valence-corrected chi connectivity index (χ1v) is 7.22. The summed E-state index contributed by atoms with van der Waals surface area (Å²) in [5, 5.41) is 19.4. The molecule has 0 atom stereocenters. The fraction of sp³-hybridized carbons (Fsp3) is 0.267. The normalized spacial score (nSPS) is 10.4. The highest BCUT2D eigenvalue weighted by atomic mass is 16.5. The third kappa shape index (κ3) is 4.38. The number of ether oxygens (including phenoxy) is 1. The summed E-state index contributed by atoms with van der Waals surface area (Å²) in [4.78, 5) is 46.9. The number of imide groups is 1. The predicted octanol–water partition coefficient (Wildman–Crippen LogP) is -1.77. The highest BCUT2D eigenvalue weighted by Crippen LogP contribution is 2.12. The van der Waals surface area contributed by atoms with Gasteiger partial charge in [-0.25, -0.2) is 9.48 Å². The van der Waals surface area contributed by atoms with E-state index >= 15 is 0 Å². The minimum atomic E-state index is -1.58. The van der Waals surface area contributed by atoms with Crippen molar-refractivity contribution in [2.45, 2.75) is 6.54 Å². The molecule has 0 fully saturated rings. The van der Waals surface area contributed by atoms with Gasteiger partial charge in [-0.2, -0.15) is 5.10 Å². The molecule has 1 aromatic heterocycles. The number of rotatable bonds is 6. The molecule has 2 rings (SSSR count). The maximum Gasteiger partial charge on any atom is 0.321 e. The molecule has 0 saturated carbocycles. The van der Waals surface area contributed by atoms with E-state index in [1.807, 2.05) is 5.32 Å². The number of aromatic nitrogens is 2. The maximum atomic E-state index is 12.3. The average molecular weight is 347 g/mol. The summed E-state index contributed by atoms with van der Waals surface area (Å²) < 4.78 is 5.41. The first-order valence-electron chi connectivity index (χ1n) is 7.22. The molecule has 0 aliphatic heterocycles. The third-order valence-electron chi connectivity index (χ3n) is 3.20. The minimum Gasteiger partial charge on any atom is -0.543 e. The molecule has 25 heavy (non-hydrogen) atoms. The Morgan fingerprint density at radius 3 is 2.56 bits per heavy atom. The van der Waals surface area contributed by atoms with Crippen LogP contribution in [0.4, 0.5) is 4.79 Å². The van der Waals surface area contributed by atoms with E-state index in [1.54, 1.807) is 12.1 Å². The van der Waals surface area contributed by atoms with Gasteiger partial charge in [0.05, 0.1) is 18.0 Å². The molecule has 2 aromatic rings. The molecule has 0 spiro atoms. The smallest absolute Gasteiger partial charge is 0.321 e. The SMILES string of the molecule is COCCNC(=O)NC(=O)Cn1nc(C(=O)[O-])c2ccccc2c1=O. The first kappa shape index (κ1) is 18.1. The first-order chi connectivity index (χ1) is 11.9. The average Bonchev–Trinajstić information content (AvgIpc) is 2.57. The Balaban J connectivity index is 2.22. The largest absolute Gasteiger partial charge is 0.543 e. The Morgan fingerprint density at radius 1 is 1.24 bits per heavy atom. The Kier molecular flexibility index (Phi) is 5.79. The highest BCUT2D eigenvalue weighted by Gasteiger charge is 2.14. The van der Waals surface area contributed by atoms with Crippen molar-refractivity contribution in [1.29, 1.82) is 0 Å². The minimum absolute atomic E-state index is 0.0778. The zero-order valence-electron chi connectivity index (χ0n) is 13.3. The fourth-order valence-corrected chi connectivity index (χ4v) is 2.11. The molecular formula is C15H15N4O6-. The van der Waals surface area contributed by atoms with Crippen LogP contribution in [-0.4, -0.2) is 47.9 Å². The van der Waals surface area contributed by atoms with Crippen LogP contribution in [-0.2, 0) is 16.1 Å². The van der Waals surface area contributed by atoms with Crippen molar-refractivity contribution in [3.05, 3.63) is 40.3 Å². The lowest BCUT2D eigenvalue weighted by atomic mass is 10.1. The van der Waals surface area contributed by atoms with E-state index in [-0.39, 0.29) is 23.9 Å². The zero-order chi connectivity index (χ0) is 18.4. The number of amides is 3. The van der Waals surface area contributed by atoms with E-state index in [0.29, 0.717) is 4.68 Å². The molecule has 0 aliphatic rings.